The molecule has 15 heavy (non-hydrogen) atoms. The summed E-state index contributed by atoms with van der Waals surface area (Å²) in [5.74, 6) is 0. The van der Waals surface area contributed by atoms with Gasteiger partial charge in [-0.1, -0.05) is 43.0 Å². The van der Waals surface area contributed by atoms with Crippen LogP contribution < -0.4 is 0 Å². The third-order valence-corrected chi connectivity index (χ3v) is 3.98. The maximum Gasteiger partial charge on any atom is 0.528 e. The second-order valence-corrected chi connectivity index (χ2v) is 5.41. The van der Waals surface area contributed by atoms with E-state index in [1.165, 1.54) is 0 Å². The van der Waals surface area contributed by atoms with Gasteiger partial charge in [-0.15, -0.1) is 0 Å². The molecule has 0 radical (unpaired) electrons. The second kappa shape index (κ2) is 8.37. The fourth-order valence-corrected chi connectivity index (χ4v) is 1.88. The van der Waals surface area contributed by atoms with E-state index >= 15 is 0 Å². The van der Waals surface area contributed by atoms with Gasteiger partial charge in [0, 0.05) is 21.3 Å². The van der Waals surface area contributed by atoms with Crippen molar-refractivity contribution in [2.24, 2.45) is 0 Å². The highest BCUT2D eigenvalue weighted by molar-refractivity contribution is 6.66. The highest BCUT2D eigenvalue weighted by atomic mass is 28.4. The Labute approximate surface area is 92.7 Å². The summed E-state index contributed by atoms with van der Waals surface area (Å²) < 4.78 is 14.9. The molecule has 0 N–H and O–H groups in total. The van der Waals surface area contributed by atoms with Gasteiger partial charge < -0.3 is 13.3 Å². The monoisotopic (exact) mass is 226 g/mol. The van der Waals surface area contributed by atoms with Gasteiger partial charge in [0.2, 0.25) is 0 Å². The summed E-state index contributed by atoms with van der Waals surface area (Å²) >= 11 is 0. The van der Waals surface area contributed by atoms with Crippen molar-refractivity contribution < 1.29 is 13.3 Å². The Balaban J connectivity index is 0.000000280. The lowest BCUT2D eigenvalue weighted by Gasteiger charge is -2.19. The molecule has 0 amide bonds. The number of rotatable bonds is 4. The average Bonchev–Trinajstić information content (AvgIpc) is 2.36. The molecule has 0 spiro atoms. The molecule has 0 fully saturated rings. The van der Waals surface area contributed by atoms with E-state index in [2.05, 4.69) is 6.58 Å². The van der Waals surface area contributed by atoms with Gasteiger partial charge >= 0.3 is 8.80 Å². The average molecular weight is 226 g/mol. The van der Waals surface area contributed by atoms with Gasteiger partial charge in [0.1, 0.15) is 0 Å². The summed E-state index contributed by atoms with van der Waals surface area (Å²) in [4.78, 5) is 0. The molecule has 4 heteroatoms. The van der Waals surface area contributed by atoms with Gasteiger partial charge in [0.15, 0.2) is 0 Å². The molecular weight excluding hydrogens is 208 g/mol. The van der Waals surface area contributed by atoms with Crippen molar-refractivity contribution in [3.8, 4) is 0 Å². The second-order valence-electron chi connectivity index (χ2n) is 2.57. The van der Waals surface area contributed by atoms with Crippen LogP contribution in [0.2, 0.25) is 0 Å². The number of benzene rings is 1. The molecule has 3 nitrogen and oxygen atoms in total. The Bertz CT molecular complexity index is 212. The normalized spacial score (nSPS) is 10.1. The zero-order valence-corrected chi connectivity index (χ0v) is 10.5. The van der Waals surface area contributed by atoms with Crippen molar-refractivity contribution in [2.75, 3.05) is 21.3 Å². The molecule has 0 heterocycles. The van der Waals surface area contributed by atoms with Gasteiger partial charge in [0.05, 0.1) is 0 Å². The fraction of sp³-hybridized carbons (Fsp3) is 0.273. The van der Waals surface area contributed by atoms with Crippen LogP contribution in [0.15, 0.2) is 48.7 Å². The lowest BCUT2D eigenvalue weighted by molar-refractivity contribution is 0.138. The van der Waals surface area contributed by atoms with Crippen molar-refractivity contribution >= 4 is 8.80 Å². The van der Waals surface area contributed by atoms with Crippen LogP contribution in [0.5, 0.6) is 0 Å². The lowest BCUT2D eigenvalue weighted by atomic mass is 10.4. The first-order chi connectivity index (χ1) is 7.24. The zero-order chi connectivity index (χ0) is 11.6. The topological polar surface area (TPSA) is 27.7 Å². The van der Waals surface area contributed by atoms with E-state index in [9.17, 15) is 0 Å². The molecule has 0 atom stereocenters. The first-order valence-corrected chi connectivity index (χ1v) is 6.34. The highest BCUT2D eigenvalue weighted by Gasteiger charge is 2.33. The number of hydrogen-bond acceptors (Lipinski definition) is 3. The summed E-state index contributed by atoms with van der Waals surface area (Å²) in [5.41, 5.74) is 1.58. The summed E-state index contributed by atoms with van der Waals surface area (Å²) in [7, 11) is 2.20. The fourth-order valence-electron chi connectivity index (χ4n) is 0.885. The van der Waals surface area contributed by atoms with Crippen LogP contribution in [0.4, 0.5) is 0 Å². The van der Waals surface area contributed by atoms with Crippen molar-refractivity contribution in [1.29, 1.82) is 0 Å². The molecule has 0 saturated heterocycles. The van der Waals surface area contributed by atoms with E-state index in [-0.39, 0.29) is 0 Å². The zero-order valence-electron chi connectivity index (χ0n) is 9.47. The molecule has 0 aromatic heterocycles. The van der Waals surface area contributed by atoms with Gasteiger partial charge in [-0.05, 0) is 5.70 Å². The first kappa shape index (κ1) is 14.1. The summed E-state index contributed by atoms with van der Waals surface area (Å²) in [6, 6.07) is 12.0. The molecule has 1 aromatic rings. The maximum absolute atomic E-state index is 4.96. The van der Waals surface area contributed by atoms with Crippen LogP contribution in [-0.2, 0) is 13.3 Å². The minimum Gasteiger partial charge on any atom is -0.374 e. The van der Waals surface area contributed by atoms with E-state index in [1.54, 1.807) is 27.0 Å². The Hall–Kier alpha value is -0.943. The Morgan fingerprint density at radius 3 is 1.13 bits per heavy atom. The summed E-state index contributed by atoms with van der Waals surface area (Å²) in [6.07, 6.45) is 0. The first-order valence-electron chi connectivity index (χ1n) is 4.53. The summed E-state index contributed by atoms with van der Waals surface area (Å²) in [5, 5.41) is 0. The molecule has 0 aliphatic rings. The molecule has 84 valence electrons. The van der Waals surface area contributed by atoms with Crippen molar-refractivity contribution in [3.63, 3.8) is 0 Å². The van der Waals surface area contributed by atoms with Gasteiger partial charge in [0.25, 0.3) is 0 Å². The highest BCUT2D eigenvalue weighted by Crippen LogP contribution is 2.04. The molecule has 0 saturated carbocycles. The molecular formula is C11H18O3Si. The van der Waals surface area contributed by atoms with Crippen LogP contribution in [0.1, 0.15) is 0 Å². The van der Waals surface area contributed by atoms with E-state index in [0.29, 0.717) is 0 Å². The van der Waals surface area contributed by atoms with Crippen LogP contribution in [0.3, 0.4) is 0 Å². The molecule has 0 bridgehead atoms. The predicted molar refractivity (Wildman–Crippen MR) is 63.4 cm³/mol. The van der Waals surface area contributed by atoms with Crippen molar-refractivity contribution in [1.82, 2.24) is 0 Å². The Kier molecular flexibility index (Phi) is 7.85. The Morgan fingerprint density at radius 1 is 0.800 bits per heavy atom. The maximum atomic E-state index is 4.96. The lowest BCUT2D eigenvalue weighted by Crippen LogP contribution is -2.40. The van der Waals surface area contributed by atoms with Crippen LogP contribution in [0.25, 0.3) is 0 Å². The molecule has 1 aromatic carbocycles. The van der Waals surface area contributed by atoms with E-state index in [1.807, 2.05) is 36.4 Å². The molecule has 0 aliphatic heterocycles. The van der Waals surface area contributed by atoms with Gasteiger partial charge in [-0.3, -0.25) is 0 Å². The van der Waals surface area contributed by atoms with E-state index < -0.39 is 8.80 Å². The minimum atomic E-state index is -2.43. The van der Waals surface area contributed by atoms with Crippen molar-refractivity contribution in [3.05, 3.63) is 48.7 Å². The minimum absolute atomic E-state index is 1.54. The predicted octanol–water partition coefficient (Wildman–Crippen LogP) is 2.28. The number of hydrogen-bond donors (Lipinski definition) is 0. The summed E-state index contributed by atoms with van der Waals surface area (Å²) in [6.45, 7) is 3.53. The van der Waals surface area contributed by atoms with E-state index in [4.69, 9.17) is 13.3 Å². The van der Waals surface area contributed by atoms with E-state index in [0.717, 1.165) is 0 Å². The van der Waals surface area contributed by atoms with Crippen molar-refractivity contribution in [2.45, 2.75) is 0 Å². The standard InChI is InChI=1S/C6H6.C5H12O3Si/c1-2-4-6-5-3-1;1-5-9(6-2,7-3)8-4/h1-6H;5H,1H2,2-4H3. The molecule has 1 rings (SSSR count). The quantitative estimate of drug-likeness (QED) is 0.737. The van der Waals surface area contributed by atoms with Gasteiger partial charge in [-0.25, -0.2) is 0 Å². The van der Waals surface area contributed by atoms with Crippen LogP contribution in [-0.4, -0.2) is 30.1 Å². The van der Waals surface area contributed by atoms with Crippen LogP contribution >= 0.6 is 0 Å². The molecule has 0 unspecified atom stereocenters. The van der Waals surface area contributed by atoms with Crippen LogP contribution in [0, 0.1) is 0 Å². The SMILES string of the molecule is C=C[Si](OC)(OC)OC.c1ccccc1. The van der Waals surface area contributed by atoms with Gasteiger partial charge in [-0.2, -0.15) is 0 Å². The largest absolute Gasteiger partial charge is 0.528 e. The Morgan fingerprint density at radius 2 is 1.07 bits per heavy atom. The molecule has 0 aliphatic carbocycles. The third-order valence-electron chi connectivity index (χ3n) is 1.77. The smallest absolute Gasteiger partial charge is 0.374 e. The third kappa shape index (κ3) is 5.49.